The summed E-state index contributed by atoms with van der Waals surface area (Å²) < 4.78 is 0. The summed E-state index contributed by atoms with van der Waals surface area (Å²) in [4.78, 5) is 14.6. The van der Waals surface area contributed by atoms with Crippen molar-refractivity contribution in [1.82, 2.24) is 10.2 Å². The molecule has 0 radical (unpaired) electrons. The topological polar surface area (TPSA) is 32.3 Å². The minimum Gasteiger partial charge on any atom is -0.342 e. The number of carbonyl (C=O) groups excluding carboxylic acids is 1. The molecule has 2 aliphatic rings. The number of nitrogens with zero attached hydrogens (tertiary/aromatic N) is 1. The SMILES string of the molecule is CC(C(=O)N(C)C1CC2CCC(C1)N2)c1ccsc1. The first-order chi connectivity index (χ1) is 9.15. The van der Waals surface area contributed by atoms with Gasteiger partial charge in [0.15, 0.2) is 0 Å². The largest absolute Gasteiger partial charge is 0.342 e. The lowest BCUT2D eigenvalue weighted by atomic mass is 9.96. The third-order valence-corrected chi connectivity index (χ3v) is 5.46. The number of amides is 1. The number of carbonyl (C=O) groups is 1. The summed E-state index contributed by atoms with van der Waals surface area (Å²) in [5.41, 5.74) is 1.15. The van der Waals surface area contributed by atoms with Crippen molar-refractivity contribution in [3.8, 4) is 0 Å². The van der Waals surface area contributed by atoms with Crippen LogP contribution in [0, 0.1) is 0 Å². The van der Waals surface area contributed by atoms with E-state index in [-0.39, 0.29) is 11.8 Å². The number of thiophene rings is 1. The minimum absolute atomic E-state index is 0.0104. The van der Waals surface area contributed by atoms with E-state index in [1.54, 1.807) is 11.3 Å². The second kappa shape index (κ2) is 5.25. The molecule has 0 spiro atoms. The second-order valence-corrected chi connectivity index (χ2v) is 6.77. The maximum Gasteiger partial charge on any atom is 0.229 e. The molecule has 2 fully saturated rings. The highest BCUT2D eigenvalue weighted by atomic mass is 32.1. The molecule has 2 bridgehead atoms. The summed E-state index contributed by atoms with van der Waals surface area (Å²) >= 11 is 1.66. The summed E-state index contributed by atoms with van der Waals surface area (Å²) in [7, 11) is 1.99. The van der Waals surface area contributed by atoms with Gasteiger partial charge < -0.3 is 10.2 Å². The van der Waals surface area contributed by atoms with Crippen LogP contribution < -0.4 is 5.32 Å². The molecule has 1 aromatic heterocycles. The monoisotopic (exact) mass is 278 g/mol. The fourth-order valence-electron chi connectivity index (χ4n) is 3.49. The van der Waals surface area contributed by atoms with Gasteiger partial charge in [0.1, 0.15) is 0 Å². The normalized spacial score (nSPS) is 31.2. The molecular formula is C15H22N2OS. The number of hydrogen-bond donors (Lipinski definition) is 1. The molecule has 3 nitrogen and oxygen atoms in total. The van der Waals surface area contributed by atoms with Gasteiger partial charge in [0.05, 0.1) is 5.92 Å². The van der Waals surface area contributed by atoms with Crippen LogP contribution in [0.15, 0.2) is 16.8 Å². The highest BCUT2D eigenvalue weighted by Crippen LogP contribution is 2.31. The van der Waals surface area contributed by atoms with Crippen LogP contribution >= 0.6 is 11.3 Å². The molecule has 1 aromatic rings. The van der Waals surface area contributed by atoms with Crippen molar-refractivity contribution in [3.63, 3.8) is 0 Å². The van der Waals surface area contributed by atoms with E-state index in [0.717, 1.165) is 18.4 Å². The van der Waals surface area contributed by atoms with Gasteiger partial charge in [-0.25, -0.2) is 0 Å². The Hall–Kier alpha value is -0.870. The fourth-order valence-corrected chi connectivity index (χ4v) is 4.25. The Labute approximate surface area is 119 Å². The number of nitrogens with one attached hydrogen (secondary N) is 1. The van der Waals surface area contributed by atoms with Crippen molar-refractivity contribution in [2.75, 3.05) is 7.05 Å². The van der Waals surface area contributed by atoms with E-state index in [4.69, 9.17) is 0 Å². The maximum atomic E-state index is 12.6. The van der Waals surface area contributed by atoms with Crippen molar-refractivity contribution in [3.05, 3.63) is 22.4 Å². The summed E-state index contributed by atoms with van der Waals surface area (Å²) in [5.74, 6) is 0.258. The van der Waals surface area contributed by atoms with Crippen LogP contribution in [0.2, 0.25) is 0 Å². The average Bonchev–Trinajstić information content (AvgIpc) is 3.06. The first kappa shape index (κ1) is 13.1. The van der Waals surface area contributed by atoms with Crippen LogP contribution in [0.25, 0.3) is 0 Å². The van der Waals surface area contributed by atoms with E-state index in [2.05, 4.69) is 16.8 Å². The van der Waals surface area contributed by atoms with Gasteiger partial charge in [-0.05, 0) is 55.0 Å². The van der Waals surface area contributed by atoms with Crippen LogP contribution in [-0.4, -0.2) is 36.0 Å². The molecule has 104 valence electrons. The summed E-state index contributed by atoms with van der Waals surface area (Å²) in [6, 6.07) is 3.76. The Morgan fingerprint density at radius 2 is 2.11 bits per heavy atom. The zero-order chi connectivity index (χ0) is 13.4. The lowest BCUT2D eigenvalue weighted by Crippen LogP contribution is -2.49. The second-order valence-electron chi connectivity index (χ2n) is 5.99. The Morgan fingerprint density at radius 1 is 1.42 bits per heavy atom. The van der Waals surface area contributed by atoms with Crippen LogP contribution in [0.1, 0.15) is 44.1 Å². The molecule has 3 atom stereocenters. The maximum absolute atomic E-state index is 12.6. The van der Waals surface area contributed by atoms with Crippen LogP contribution in [-0.2, 0) is 4.79 Å². The Bertz CT molecular complexity index is 433. The number of hydrogen-bond acceptors (Lipinski definition) is 3. The van der Waals surface area contributed by atoms with Gasteiger partial charge in [0, 0.05) is 25.2 Å². The van der Waals surface area contributed by atoms with E-state index < -0.39 is 0 Å². The molecule has 19 heavy (non-hydrogen) atoms. The lowest BCUT2D eigenvalue weighted by Gasteiger charge is -2.36. The highest BCUT2D eigenvalue weighted by Gasteiger charge is 2.37. The van der Waals surface area contributed by atoms with Crippen molar-refractivity contribution in [2.45, 2.75) is 56.7 Å². The van der Waals surface area contributed by atoms with E-state index in [9.17, 15) is 4.79 Å². The molecule has 3 unspecified atom stereocenters. The number of piperidine rings is 1. The third kappa shape index (κ3) is 2.56. The summed E-state index contributed by atoms with van der Waals surface area (Å²) in [6.45, 7) is 2.02. The standard InChI is InChI=1S/C15H22N2OS/c1-10(11-5-6-19-9-11)15(18)17(2)14-7-12-3-4-13(8-14)16-12/h5-6,9-10,12-14,16H,3-4,7-8H2,1-2H3. The number of rotatable bonds is 3. The van der Waals surface area contributed by atoms with Crippen molar-refractivity contribution >= 4 is 17.2 Å². The van der Waals surface area contributed by atoms with E-state index >= 15 is 0 Å². The summed E-state index contributed by atoms with van der Waals surface area (Å²) in [6.07, 6.45) is 4.80. The fraction of sp³-hybridized carbons (Fsp3) is 0.667. The van der Waals surface area contributed by atoms with E-state index in [0.29, 0.717) is 18.1 Å². The predicted octanol–water partition coefficient (Wildman–Crippen LogP) is 2.59. The molecular weight excluding hydrogens is 256 g/mol. The molecule has 2 aliphatic heterocycles. The molecule has 1 amide bonds. The molecule has 4 heteroatoms. The van der Waals surface area contributed by atoms with Gasteiger partial charge in [-0.1, -0.05) is 0 Å². The average molecular weight is 278 g/mol. The molecule has 0 aliphatic carbocycles. The van der Waals surface area contributed by atoms with Crippen molar-refractivity contribution < 1.29 is 4.79 Å². The van der Waals surface area contributed by atoms with Crippen LogP contribution in [0.5, 0.6) is 0 Å². The quantitative estimate of drug-likeness (QED) is 0.921. The van der Waals surface area contributed by atoms with Crippen molar-refractivity contribution in [1.29, 1.82) is 0 Å². The van der Waals surface area contributed by atoms with Gasteiger partial charge in [-0.3, -0.25) is 4.79 Å². The van der Waals surface area contributed by atoms with Gasteiger partial charge >= 0.3 is 0 Å². The van der Waals surface area contributed by atoms with E-state index in [1.165, 1.54) is 12.8 Å². The zero-order valence-electron chi connectivity index (χ0n) is 11.6. The minimum atomic E-state index is -0.0104. The Morgan fingerprint density at radius 3 is 2.68 bits per heavy atom. The van der Waals surface area contributed by atoms with Gasteiger partial charge in [-0.15, -0.1) is 0 Å². The first-order valence-electron chi connectivity index (χ1n) is 7.20. The van der Waals surface area contributed by atoms with Gasteiger partial charge in [0.25, 0.3) is 0 Å². The molecule has 3 rings (SSSR count). The molecule has 2 saturated heterocycles. The van der Waals surface area contributed by atoms with Gasteiger partial charge in [-0.2, -0.15) is 11.3 Å². The number of likely N-dealkylation sites (N-methyl/N-ethyl adjacent to an activating group) is 1. The van der Waals surface area contributed by atoms with Gasteiger partial charge in [0.2, 0.25) is 5.91 Å². The van der Waals surface area contributed by atoms with E-state index in [1.807, 2.05) is 24.3 Å². The predicted molar refractivity (Wildman–Crippen MR) is 78.5 cm³/mol. The third-order valence-electron chi connectivity index (χ3n) is 4.76. The van der Waals surface area contributed by atoms with Crippen LogP contribution in [0.4, 0.5) is 0 Å². The number of fused-ring (bicyclic) bond motifs is 2. The highest BCUT2D eigenvalue weighted by molar-refractivity contribution is 7.08. The molecule has 0 aromatic carbocycles. The Balaban J connectivity index is 1.66. The lowest BCUT2D eigenvalue weighted by molar-refractivity contribution is -0.133. The molecule has 3 heterocycles. The van der Waals surface area contributed by atoms with Crippen LogP contribution in [0.3, 0.4) is 0 Å². The molecule has 1 N–H and O–H groups in total. The summed E-state index contributed by atoms with van der Waals surface area (Å²) in [5, 5.41) is 7.77. The first-order valence-corrected chi connectivity index (χ1v) is 8.14. The Kier molecular flexibility index (Phi) is 3.63. The van der Waals surface area contributed by atoms with Crippen molar-refractivity contribution in [2.24, 2.45) is 0 Å². The molecule has 0 saturated carbocycles. The smallest absolute Gasteiger partial charge is 0.229 e. The zero-order valence-corrected chi connectivity index (χ0v) is 12.5.